The normalized spacial score (nSPS) is 10.9. The minimum Gasteiger partial charge on any atom is -0.496 e. The van der Waals surface area contributed by atoms with Gasteiger partial charge in [0.15, 0.2) is 5.69 Å². The quantitative estimate of drug-likeness (QED) is 0.237. The summed E-state index contributed by atoms with van der Waals surface area (Å²) < 4.78 is 27.5. The second kappa shape index (κ2) is 11.1. The number of methoxy groups -OCH3 is 3. The smallest absolute Gasteiger partial charge is 0.294 e. The molecule has 0 unspecified atom stereocenters. The third kappa shape index (κ3) is 5.12. The SMILES string of the molecule is CCOc1ccc(-c2c(C(=O)NN=Cc3c(OC)cc(OC)cc3OC)nnn2-c2nonc2N)cc1. The zero-order valence-electron chi connectivity index (χ0n) is 20.5. The van der Waals surface area contributed by atoms with Gasteiger partial charge in [-0.3, -0.25) is 4.79 Å². The lowest BCUT2D eigenvalue weighted by Gasteiger charge is -2.12. The highest BCUT2D eigenvalue weighted by Gasteiger charge is 2.25. The number of anilines is 1. The fourth-order valence-electron chi connectivity index (χ4n) is 3.42. The number of hydrogen-bond donors (Lipinski definition) is 2. The second-order valence-electron chi connectivity index (χ2n) is 7.27. The fraction of sp³-hybridized carbons (Fsp3) is 0.217. The van der Waals surface area contributed by atoms with Crippen LogP contribution in [0.1, 0.15) is 23.0 Å². The Labute approximate surface area is 210 Å². The Hall–Kier alpha value is -5.14. The van der Waals surface area contributed by atoms with Gasteiger partial charge in [-0.25, -0.2) is 10.1 Å². The summed E-state index contributed by atoms with van der Waals surface area (Å²) in [5.74, 6) is 1.47. The molecule has 0 spiro atoms. The summed E-state index contributed by atoms with van der Waals surface area (Å²) in [4.78, 5) is 13.1. The van der Waals surface area contributed by atoms with Gasteiger partial charge in [-0.15, -0.1) is 5.10 Å². The maximum absolute atomic E-state index is 13.1. The van der Waals surface area contributed by atoms with Crippen LogP contribution in [0, 0.1) is 0 Å². The summed E-state index contributed by atoms with van der Waals surface area (Å²) >= 11 is 0. The van der Waals surface area contributed by atoms with Gasteiger partial charge in [0, 0.05) is 17.7 Å². The molecule has 4 rings (SSSR count). The van der Waals surface area contributed by atoms with Gasteiger partial charge < -0.3 is 24.7 Å². The van der Waals surface area contributed by atoms with Crippen LogP contribution in [0.3, 0.4) is 0 Å². The van der Waals surface area contributed by atoms with E-state index in [1.807, 2.05) is 6.92 Å². The average Bonchev–Trinajstić information content (AvgIpc) is 3.55. The summed E-state index contributed by atoms with van der Waals surface area (Å²) in [6.45, 7) is 2.39. The van der Waals surface area contributed by atoms with E-state index in [4.69, 9.17) is 29.3 Å². The highest BCUT2D eigenvalue weighted by molar-refractivity contribution is 5.99. The minimum atomic E-state index is -0.646. The van der Waals surface area contributed by atoms with E-state index in [1.54, 1.807) is 36.4 Å². The van der Waals surface area contributed by atoms with Crippen LogP contribution in [0.25, 0.3) is 17.1 Å². The molecule has 0 fully saturated rings. The molecule has 4 aromatic rings. The molecule has 0 aliphatic heterocycles. The first-order valence-corrected chi connectivity index (χ1v) is 10.9. The van der Waals surface area contributed by atoms with E-state index in [-0.39, 0.29) is 23.0 Å². The monoisotopic (exact) mass is 508 g/mol. The molecule has 0 aliphatic rings. The first kappa shape index (κ1) is 25.0. The summed E-state index contributed by atoms with van der Waals surface area (Å²) in [6, 6.07) is 10.3. The number of nitrogens with zero attached hydrogens (tertiary/aromatic N) is 6. The van der Waals surface area contributed by atoms with E-state index >= 15 is 0 Å². The molecule has 3 N–H and O–H groups in total. The van der Waals surface area contributed by atoms with Gasteiger partial charge in [-0.05, 0) is 41.5 Å². The van der Waals surface area contributed by atoms with Gasteiger partial charge in [0.25, 0.3) is 5.91 Å². The molecular weight excluding hydrogens is 484 g/mol. The first-order valence-electron chi connectivity index (χ1n) is 10.9. The van der Waals surface area contributed by atoms with Crippen molar-refractivity contribution >= 4 is 17.9 Å². The lowest BCUT2D eigenvalue weighted by molar-refractivity contribution is 0.0950. The predicted octanol–water partition coefficient (Wildman–Crippen LogP) is 2.09. The van der Waals surface area contributed by atoms with Crippen molar-refractivity contribution in [2.24, 2.45) is 5.10 Å². The molecule has 14 heteroatoms. The number of nitrogens with two attached hydrogens (primary N) is 1. The van der Waals surface area contributed by atoms with E-state index in [0.717, 1.165) is 0 Å². The van der Waals surface area contributed by atoms with Crippen LogP contribution in [-0.2, 0) is 0 Å². The number of hydrazone groups is 1. The zero-order valence-corrected chi connectivity index (χ0v) is 20.5. The average molecular weight is 508 g/mol. The highest BCUT2D eigenvalue weighted by Crippen LogP contribution is 2.33. The maximum Gasteiger partial charge on any atom is 0.294 e. The molecule has 0 saturated carbocycles. The van der Waals surface area contributed by atoms with E-state index < -0.39 is 5.91 Å². The summed E-state index contributed by atoms with van der Waals surface area (Å²) in [7, 11) is 4.52. The first-order chi connectivity index (χ1) is 18.0. The van der Waals surface area contributed by atoms with Gasteiger partial charge in [0.05, 0.1) is 39.7 Å². The fourth-order valence-corrected chi connectivity index (χ4v) is 3.42. The van der Waals surface area contributed by atoms with Gasteiger partial charge >= 0.3 is 0 Å². The van der Waals surface area contributed by atoms with Crippen LogP contribution in [-0.4, -0.2) is 65.4 Å². The minimum absolute atomic E-state index is 0.0271. The van der Waals surface area contributed by atoms with Gasteiger partial charge in [0.2, 0.25) is 11.6 Å². The van der Waals surface area contributed by atoms with Gasteiger partial charge in [-0.2, -0.15) is 9.78 Å². The second-order valence-corrected chi connectivity index (χ2v) is 7.27. The Bertz CT molecular complexity index is 1390. The van der Waals surface area contributed by atoms with Crippen molar-refractivity contribution in [3.8, 4) is 40.1 Å². The molecule has 2 heterocycles. The van der Waals surface area contributed by atoms with Gasteiger partial charge in [0.1, 0.15) is 28.7 Å². The van der Waals surface area contributed by atoms with Crippen LogP contribution >= 0.6 is 0 Å². The number of rotatable bonds is 10. The molecule has 2 aromatic heterocycles. The van der Waals surface area contributed by atoms with Crippen molar-refractivity contribution in [3.63, 3.8) is 0 Å². The molecule has 0 atom stereocenters. The number of aromatic nitrogens is 5. The number of amides is 1. The Morgan fingerprint density at radius 1 is 1.08 bits per heavy atom. The van der Waals surface area contributed by atoms with E-state index in [2.05, 4.69) is 31.2 Å². The topological polar surface area (TPSA) is 174 Å². The third-order valence-electron chi connectivity index (χ3n) is 5.13. The molecule has 14 nitrogen and oxygen atoms in total. The number of carbonyl (C=O) groups is 1. The number of ether oxygens (including phenoxy) is 4. The van der Waals surface area contributed by atoms with Crippen molar-refractivity contribution in [2.75, 3.05) is 33.7 Å². The molecule has 0 aliphatic carbocycles. The maximum atomic E-state index is 13.1. The van der Waals surface area contributed by atoms with Crippen LogP contribution in [0.4, 0.5) is 5.82 Å². The van der Waals surface area contributed by atoms with Crippen molar-refractivity contribution in [1.29, 1.82) is 0 Å². The molecular formula is C23H24N8O6. The molecule has 0 bridgehead atoms. The molecule has 0 radical (unpaired) electrons. The van der Waals surface area contributed by atoms with Crippen molar-refractivity contribution < 1.29 is 28.4 Å². The lowest BCUT2D eigenvalue weighted by Crippen LogP contribution is -2.19. The van der Waals surface area contributed by atoms with E-state index in [1.165, 1.54) is 32.2 Å². The largest absolute Gasteiger partial charge is 0.496 e. The summed E-state index contributed by atoms with van der Waals surface area (Å²) in [5, 5.41) is 19.5. The van der Waals surface area contributed by atoms with Crippen LogP contribution < -0.4 is 30.1 Å². The van der Waals surface area contributed by atoms with E-state index in [9.17, 15) is 4.79 Å². The number of nitrogens with one attached hydrogen (secondary N) is 1. The Morgan fingerprint density at radius 3 is 2.35 bits per heavy atom. The lowest BCUT2D eigenvalue weighted by atomic mass is 10.1. The van der Waals surface area contributed by atoms with Crippen LogP contribution in [0.5, 0.6) is 23.0 Å². The van der Waals surface area contributed by atoms with Gasteiger partial charge in [-0.1, -0.05) is 5.21 Å². The third-order valence-corrected chi connectivity index (χ3v) is 5.13. The number of hydrogen-bond acceptors (Lipinski definition) is 12. The summed E-state index contributed by atoms with van der Waals surface area (Å²) in [5.41, 5.74) is 9.63. The van der Waals surface area contributed by atoms with Crippen molar-refractivity contribution in [1.82, 2.24) is 30.7 Å². The van der Waals surface area contributed by atoms with Crippen molar-refractivity contribution in [2.45, 2.75) is 6.92 Å². The molecule has 2 aromatic carbocycles. The number of nitrogen functional groups attached to an aromatic ring is 1. The van der Waals surface area contributed by atoms with Crippen molar-refractivity contribution in [3.05, 3.63) is 47.7 Å². The molecule has 0 saturated heterocycles. The Morgan fingerprint density at radius 2 is 1.78 bits per heavy atom. The standard InChI is InChI=1S/C23H24N8O6/c1-5-36-14-8-6-13(7-9-14)20-19(26-30-31(20)22-21(24)28-37-29-22)23(32)27-25-12-16-17(34-3)10-15(33-2)11-18(16)35-4/h6-12H,5H2,1-4H3,(H2,24,28)(H,27,32). The molecule has 1 amide bonds. The molecule has 192 valence electrons. The van der Waals surface area contributed by atoms with Crippen LogP contribution in [0.15, 0.2) is 46.1 Å². The van der Waals surface area contributed by atoms with Crippen LogP contribution in [0.2, 0.25) is 0 Å². The number of carbonyl (C=O) groups excluding carboxylic acids is 1. The van der Waals surface area contributed by atoms with E-state index in [0.29, 0.717) is 40.7 Å². The highest BCUT2D eigenvalue weighted by atomic mass is 16.6. The Balaban J connectivity index is 1.68. The molecule has 37 heavy (non-hydrogen) atoms. The predicted molar refractivity (Wildman–Crippen MR) is 131 cm³/mol. The Kier molecular flexibility index (Phi) is 7.47. The zero-order chi connectivity index (χ0) is 26.4. The number of benzene rings is 2. The summed E-state index contributed by atoms with van der Waals surface area (Å²) in [6.07, 6.45) is 1.38.